The molecule has 0 fully saturated rings. The summed E-state index contributed by atoms with van der Waals surface area (Å²) in [6.45, 7) is 51.5. The number of furan rings is 1. The molecule has 3 nitrogen and oxygen atoms in total. The number of hydrogen-bond donors (Lipinski definition) is 1. The second-order valence-corrected chi connectivity index (χ2v) is 20.0. The third-order valence-electron chi connectivity index (χ3n) is 11.0. The summed E-state index contributed by atoms with van der Waals surface area (Å²) in [4.78, 5) is 2.27. The van der Waals surface area contributed by atoms with Crippen LogP contribution >= 0.6 is 0 Å². The summed E-state index contributed by atoms with van der Waals surface area (Å²) in [5, 5.41) is 4.85. The average Bonchev–Trinajstić information content (AvgIpc) is 3.47. The highest BCUT2D eigenvalue weighted by Crippen LogP contribution is 2.40. The molecule has 1 N–H and O–H groups in total. The molecule has 0 aliphatic rings. The number of allylic oxidation sites excluding steroid dienone is 7. The van der Waals surface area contributed by atoms with Gasteiger partial charge in [-0.25, -0.2) is 0 Å². The van der Waals surface area contributed by atoms with Gasteiger partial charge in [0.05, 0.1) is 6.26 Å². The van der Waals surface area contributed by atoms with Crippen LogP contribution in [0.25, 0.3) is 11.0 Å². The molecule has 4 heteroatoms. The summed E-state index contributed by atoms with van der Waals surface area (Å²) >= 11 is 0. The van der Waals surface area contributed by atoms with E-state index in [1.165, 1.54) is 27.9 Å². The Bertz CT molecular complexity index is 1780. The minimum Gasteiger partial charge on any atom is -0.465 e. The molecule has 2 aromatic rings. The van der Waals surface area contributed by atoms with Crippen molar-refractivity contribution in [3.8, 4) is 0 Å². The van der Waals surface area contributed by atoms with Crippen LogP contribution in [0.1, 0.15) is 143 Å². The Morgan fingerprint density at radius 3 is 2.04 bits per heavy atom. The summed E-state index contributed by atoms with van der Waals surface area (Å²) in [5.74, 6) is 3.08. The van der Waals surface area contributed by atoms with Crippen LogP contribution < -0.4 is 10.8 Å². The van der Waals surface area contributed by atoms with E-state index >= 15 is 0 Å². The number of nitrogens with zero attached hydrogens (tertiary/aromatic N) is 1. The van der Waals surface area contributed by atoms with Gasteiger partial charge in [-0.2, -0.15) is 0 Å². The Labute approximate surface area is 339 Å². The molecule has 0 spiro atoms. The Balaban J connectivity index is 2.62. The molecule has 301 valence electrons. The van der Waals surface area contributed by atoms with Gasteiger partial charge in [0, 0.05) is 29.5 Å². The van der Waals surface area contributed by atoms with Crippen LogP contribution in [0, 0.1) is 28.1 Å². The lowest BCUT2D eigenvalue weighted by Crippen LogP contribution is -2.25. The first-order chi connectivity index (χ1) is 25.2. The van der Waals surface area contributed by atoms with E-state index in [0.717, 1.165) is 47.0 Å². The highest BCUT2D eigenvalue weighted by molar-refractivity contribution is 6.61. The second-order valence-electron chi connectivity index (χ2n) is 20.0. The molecule has 2 atom stereocenters. The Morgan fingerprint density at radius 2 is 1.53 bits per heavy atom. The summed E-state index contributed by atoms with van der Waals surface area (Å²) in [7, 11) is 2.18. The lowest BCUT2D eigenvalue weighted by Gasteiger charge is -2.35. The molecular formula is C51H78BN2O. The van der Waals surface area contributed by atoms with Crippen molar-refractivity contribution in [3.05, 3.63) is 126 Å². The molecule has 1 radical (unpaired) electrons. The van der Waals surface area contributed by atoms with Gasteiger partial charge < -0.3 is 14.6 Å². The van der Waals surface area contributed by atoms with Gasteiger partial charge >= 0.3 is 0 Å². The summed E-state index contributed by atoms with van der Waals surface area (Å²) in [6, 6.07) is 6.58. The number of nitrogens with one attached hydrogen (secondary N) is 1. The fourth-order valence-electron chi connectivity index (χ4n) is 6.90. The van der Waals surface area contributed by atoms with E-state index < -0.39 is 0 Å². The van der Waals surface area contributed by atoms with Crippen molar-refractivity contribution in [2.45, 2.75) is 148 Å². The van der Waals surface area contributed by atoms with Crippen LogP contribution in [0.4, 0.5) is 0 Å². The molecule has 1 aromatic carbocycles. The Kier molecular flexibility index (Phi) is 16.8. The van der Waals surface area contributed by atoms with Crippen LogP contribution in [0.2, 0.25) is 0 Å². The maximum atomic E-state index is 5.99. The van der Waals surface area contributed by atoms with Crippen molar-refractivity contribution in [1.82, 2.24) is 10.2 Å². The van der Waals surface area contributed by atoms with E-state index in [1.807, 2.05) is 12.3 Å². The highest BCUT2D eigenvalue weighted by atomic mass is 16.3. The van der Waals surface area contributed by atoms with E-state index in [-0.39, 0.29) is 27.7 Å². The fraction of sp³-hybridized carbons (Fsp3) is 0.529. The third-order valence-corrected chi connectivity index (χ3v) is 11.0. The predicted octanol–water partition coefficient (Wildman–Crippen LogP) is 14.3. The number of hydrogen-bond acceptors (Lipinski definition) is 3. The largest absolute Gasteiger partial charge is 0.465 e. The molecule has 2 unspecified atom stereocenters. The van der Waals surface area contributed by atoms with E-state index in [1.54, 1.807) is 0 Å². The van der Waals surface area contributed by atoms with Crippen molar-refractivity contribution in [1.29, 1.82) is 0 Å². The Hall–Kier alpha value is -3.66. The number of benzene rings is 1. The van der Waals surface area contributed by atoms with Crippen LogP contribution in [-0.4, -0.2) is 18.2 Å². The molecule has 0 amide bonds. The van der Waals surface area contributed by atoms with Gasteiger partial charge in [0.1, 0.15) is 5.58 Å². The van der Waals surface area contributed by atoms with E-state index in [0.29, 0.717) is 11.8 Å². The highest BCUT2D eigenvalue weighted by Gasteiger charge is 2.29. The first kappa shape index (κ1) is 47.5. The number of rotatable bonds is 18. The van der Waals surface area contributed by atoms with Gasteiger partial charge in [0.15, 0.2) is 7.28 Å². The van der Waals surface area contributed by atoms with Crippen LogP contribution in [0.3, 0.4) is 0 Å². The molecule has 0 saturated heterocycles. The third kappa shape index (κ3) is 14.1. The summed E-state index contributed by atoms with van der Waals surface area (Å²) in [6.07, 6.45) is 17.9. The van der Waals surface area contributed by atoms with Crippen LogP contribution in [-0.2, 0) is 5.41 Å². The molecule has 0 bridgehead atoms. The molecule has 2 rings (SSSR count). The summed E-state index contributed by atoms with van der Waals surface area (Å²) in [5.41, 5.74) is 10.8. The average molecular weight is 746 g/mol. The molecule has 1 heterocycles. The van der Waals surface area contributed by atoms with Crippen molar-refractivity contribution >= 4 is 23.7 Å². The molecular weight excluding hydrogens is 667 g/mol. The van der Waals surface area contributed by atoms with Crippen molar-refractivity contribution in [2.24, 2.45) is 28.1 Å². The maximum absolute atomic E-state index is 5.99. The van der Waals surface area contributed by atoms with E-state index in [4.69, 9.17) is 4.42 Å². The van der Waals surface area contributed by atoms with Gasteiger partial charge in [-0.05, 0) is 126 Å². The quantitative estimate of drug-likeness (QED) is 0.0936. The van der Waals surface area contributed by atoms with Gasteiger partial charge in [0.2, 0.25) is 0 Å². The first-order valence-electron chi connectivity index (χ1n) is 20.5. The van der Waals surface area contributed by atoms with Crippen molar-refractivity contribution in [2.75, 3.05) is 0 Å². The monoisotopic (exact) mass is 746 g/mol. The van der Waals surface area contributed by atoms with Crippen LogP contribution in [0.5, 0.6) is 0 Å². The number of fused-ring (bicyclic) bond motifs is 1. The van der Waals surface area contributed by atoms with Crippen molar-refractivity contribution in [3.63, 3.8) is 0 Å². The first-order valence-corrected chi connectivity index (χ1v) is 20.5. The molecule has 0 saturated carbocycles. The zero-order valence-corrected chi connectivity index (χ0v) is 38.3. The Morgan fingerprint density at radius 1 is 0.909 bits per heavy atom. The van der Waals surface area contributed by atoms with E-state index in [9.17, 15) is 0 Å². The summed E-state index contributed by atoms with van der Waals surface area (Å²) < 4.78 is 5.99. The smallest absolute Gasteiger partial charge is 0.188 e. The molecule has 55 heavy (non-hydrogen) atoms. The normalized spacial score (nSPS) is 15.5. The van der Waals surface area contributed by atoms with Gasteiger partial charge in [-0.1, -0.05) is 145 Å². The lowest BCUT2D eigenvalue weighted by atomic mass is 9.69. The van der Waals surface area contributed by atoms with Gasteiger partial charge in [0.25, 0.3) is 0 Å². The lowest BCUT2D eigenvalue weighted by molar-refractivity contribution is 0.323. The molecule has 0 aliphatic heterocycles. The minimum atomic E-state index is -0.0354. The topological polar surface area (TPSA) is 28.4 Å². The zero-order chi connectivity index (χ0) is 42.1. The maximum Gasteiger partial charge on any atom is 0.188 e. The zero-order valence-electron chi connectivity index (χ0n) is 38.3. The van der Waals surface area contributed by atoms with Crippen molar-refractivity contribution < 1.29 is 4.42 Å². The fourth-order valence-corrected chi connectivity index (χ4v) is 6.90. The van der Waals surface area contributed by atoms with Gasteiger partial charge in [-0.3, -0.25) is 0 Å². The van der Waals surface area contributed by atoms with E-state index in [2.05, 4.69) is 210 Å². The SMILES string of the molecule is C=C/C(=C(\C=C\NC(/C=C/N(/C=C(\C)CC(C(=C)C(C)(C)CC)C(C)C)/C(C)=C\[B]c1coc2ccc(C(C)(C)C)cc12)CC(=C)C)C(C)(C)C)C(C)(C)C. The predicted molar refractivity (Wildman–Crippen MR) is 247 cm³/mol. The minimum absolute atomic E-state index is 0.0118. The molecule has 0 aliphatic carbocycles. The standard InChI is InChI=1S/C51H78BN2O/c1-21-44(49(13,14)15)45(50(16,17)18)25-27-53-41(29-35(3)4)26-28-54(33-37(7)30-42(36(5)6)39(9)51(19,20)22-2)38(8)32-52-46-34-55-47-24-23-40(31-43(46)47)48(10,11)12/h21,23-28,31-34,36,41-42,53H,1,3,9,22,29-30H2,2,4-8,10-20H3/b27-25+,28-26+,37-33+,38-32-,45-44-. The van der Waals surface area contributed by atoms with Crippen LogP contribution in [0.15, 0.2) is 125 Å². The molecule has 1 aromatic heterocycles. The second kappa shape index (κ2) is 19.5. The van der Waals surface area contributed by atoms with Gasteiger partial charge in [-0.15, -0.1) is 6.58 Å².